The molecular weight excluding hydrogens is 490 g/mol. The molecular formula is C19H16Cl4N4O2S. The molecule has 0 atom stereocenters. The largest absolute Gasteiger partial charge is 0.484 e. The smallest absolute Gasteiger partial charge is 0.234 e. The van der Waals surface area contributed by atoms with Gasteiger partial charge in [0.1, 0.15) is 12.4 Å². The van der Waals surface area contributed by atoms with Gasteiger partial charge in [-0.15, -0.1) is 10.2 Å². The van der Waals surface area contributed by atoms with Crippen LogP contribution in [0.5, 0.6) is 5.75 Å². The Morgan fingerprint density at radius 2 is 1.93 bits per heavy atom. The number of carbonyl (C=O) groups excluding carboxylic acids is 1. The maximum Gasteiger partial charge on any atom is 0.234 e. The fraction of sp³-hybridized carbons (Fsp3) is 0.211. The van der Waals surface area contributed by atoms with Crippen LogP contribution in [0.15, 0.2) is 41.6 Å². The van der Waals surface area contributed by atoms with Crippen molar-refractivity contribution in [3.63, 3.8) is 0 Å². The summed E-state index contributed by atoms with van der Waals surface area (Å²) in [6, 6.07) is 10.0. The number of benzene rings is 2. The van der Waals surface area contributed by atoms with Crippen LogP contribution in [0.3, 0.4) is 0 Å². The van der Waals surface area contributed by atoms with E-state index in [-0.39, 0.29) is 18.3 Å². The quantitative estimate of drug-likeness (QED) is 0.368. The Labute approximate surface area is 197 Å². The number of halogens is 4. The lowest BCUT2D eigenvalue weighted by Crippen LogP contribution is -2.15. The summed E-state index contributed by atoms with van der Waals surface area (Å²) >= 11 is 25.4. The molecule has 0 radical (unpaired) electrons. The van der Waals surface area contributed by atoms with Crippen molar-refractivity contribution >= 4 is 69.8 Å². The minimum absolute atomic E-state index is 0.130. The number of ether oxygens (including phenoxy) is 1. The van der Waals surface area contributed by atoms with E-state index in [0.29, 0.717) is 49.1 Å². The molecule has 2 aromatic carbocycles. The lowest BCUT2D eigenvalue weighted by molar-refractivity contribution is -0.113. The highest BCUT2D eigenvalue weighted by atomic mass is 35.5. The summed E-state index contributed by atoms with van der Waals surface area (Å²) in [6.45, 7) is 2.75. The highest BCUT2D eigenvalue weighted by Crippen LogP contribution is 2.30. The zero-order valence-electron chi connectivity index (χ0n) is 15.7. The Balaban J connectivity index is 1.61. The Bertz CT molecular complexity index is 1060. The van der Waals surface area contributed by atoms with Gasteiger partial charge in [-0.2, -0.15) is 0 Å². The van der Waals surface area contributed by atoms with E-state index in [2.05, 4.69) is 15.5 Å². The van der Waals surface area contributed by atoms with E-state index in [1.807, 2.05) is 11.5 Å². The van der Waals surface area contributed by atoms with Crippen molar-refractivity contribution in [2.75, 3.05) is 11.1 Å². The van der Waals surface area contributed by atoms with Gasteiger partial charge in [0.05, 0.1) is 26.5 Å². The first-order chi connectivity index (χ1) is 14.4. The molecule has 0 saturated heterocycles. The molecule has 3 aromatic rings. The summed E-state index contributed by atoms with van der Waals surface area (Å²) < 4.78 is 7.60. The monoisotopic (exact) mass is 504 g/mol. The Hall–Kier alpha value is -1.64. The number of anilines is 1. The first kappa shape index (κ1) is 23.0. The lowest BCUT2D eigenvalue weighted by atomic mass is 10.3. The van der Waals surface area contributed by atoms with E-state index in [4.69, 9.17) is 51.1 Å². The van der Waals surface area contributed by atoms with Crippen LogP contribution in [0.1, 0.15) is 12.7 Å². The molecule has 30 heavy (non-hydrogen) atoms. The molecule has 1 heterocycles. The number of nitrogens with one attached hydrogen (secondary N) is 1. The molecule has 0 aliphatic rings. The van der Waals surface area contributed by atoms with Crippen LogP contribution in [0.4, 0.5) is 5.69 Å². The first-order valence-electron chi connectivity index (χ1n) is 8.75. The van der Waals surface area contributed by atoms with Crippen molar-refractivity contribution in [2.45, 2.75) is 25.2 Å². The molecule has 3 rings (SSSR count). The molecule has 0 aliphatic heterocycles. The number of hydrogen-bond donors (Lipinski definition) is 1. The SMILES string of the molecule is CCn1c(COc2ccc(Cl)cc2Cl)nnc1SCC(=O)Nc1cccc(Cl)c1Cl. The highest BCUT2D eigenvalue weighted by Gasteiger charge is 2.15. The minimum atomic E-state index is -0.236. The standard InChI is InChI=1S/C19H16Cl4N4O2S/c1-2-27-16(9-29-15-7-6-11(20)8-13(15)22)25-26-19(27)30-10-17(28)24-14-5-3-4-12(21)18(14)23/h3-8H,2,9-10H2,1H3,(H,24,28). The van der Waals surface area contributed by atoms with Gasteiger partial charge < -0.3 is 14.6 Å². The third kappa shape index (κ3) is 5.74. The van der Waals surface area contributed by atoms with Gasteiger partial charge in [-0.05, 0) is 37.3 Å². The first-order valence-corrected chi connectivity index (χ1v) is 11.3. The van der Waals surface area contributed by atoms with Gasteiger partial charge in [-0.25, -0.2) is 0 Å². The lowest BCUT2D eigenvalue weighted by Gasteiger charge is -2.10. The summed E-state index contributed by atoms with van der Waals surface area (Å²) in [6.07, 6.45) is 0. The fourth-order valence-electron chi connectivity index (χ4n) is 2.50. The van der Waals surface area contributed by atoms with Gasteiger partial charge in [-0.3, -0.25) is 4.79 Å². The minimum Gasteiger partial charge on any atom is -0.484 e. The molecule has 11 heteroatoms. The van der Waals surface area contributed by atoms with E-state index in [9.17, 15) is 4.79 Å². The van der Waals surface area contributed by atoms with Gasteiger partial charge in [0.2, 0.25) is 5.91 Å². The molecule has 0 spiro atoms. The second kappa shape index (κ2) is 10.6. The summed E-state index contributed by atoms with van der Waals surface area (Å²) in [7, 11) is 0. The number of rotatable bonds is 8. The number of nitrogens with zero attached hydrogens (tertiary/aromatic N) is 3. The average molecular weight is 506 g/mol. The molecule has 0 unspecified atom stereocenters. The predicted octanol–water partition coefficient (Wildman–Crippen LogP) is 6.22. The van der Waals surface area contributed by atoms with Crippen LogP contribution in [0.2, 0.25) is 20.1 Å². The van der Waals surface area contributed by atoms with E-state index < -0.39 is 0 Å². The highest BCUT2D eigenvalue weighted by molar-refractivity contribution is 7.99. The van der Waals surface area contributed by atoms with Crippen molar-refractivity contribution in [2.24, 2.45) is 0 Å². The molecule has 0 fully saturated rings. The third-order valence-corrected chi connectivity index (χ3v) is 6.23. The number of hydrogen-bond acceptors (Lipinski definition) is 5. The fourth-order valence-corrected chi connectivity index (χ4v) is 4.13. The van der Waals surface area contributed by atoms with Crippen LogP contribution >= 0.6 is 58.2 Å². The van der Waals surface area contributed by atoms with Gasteiger partial charge in [0, 0.05) is 11.6 Å². The summed E-state index contributed by atoms with van der Waals surface area (Å²) in [5.74, 6) is 1.01. The maximum atomic E-state index is 12.3. The van der Waals surface area contributed by atoms with Crippen molar-refractivity contribution in [1.82, 2.24) is 14.8 Å². The van der Waals surface area contributed by atoms with Crippen LogP contribution in [-0.4, -0.2) is 26.4 Å². The topological polar surface area (TPSA) is 69.0 Å². The van der Waals surface area contributed by atoms with Crippen LogP contribution in [0, 0.1) is 0 Å². The summed E-state index contributed by atoms with van der Waals surface area (Å²) in [5.41, 5.74) is 0.459. The van der Waals surface area contributed by atoms with Crippen LogP contribution < -0.4 is 10.1 Å². The average Bonchev–Trinajstić information content (AvgIpc) is 3.11. The number of thioether (sulfide) groups is 1. The van der Waals surface area contributed by atoms with E-state index in [0.717, 1.165) is 0 Å². The molecule has 6 nitrogen and oxygen atoms in total. The van der Waals surface area contributed by atoms with Gasteiger partial charge in [-0.1, -0.05) is 64.2 Å². The van der Waals surface area contributed by atoms with Crippen molar-refractivity contribution in [3.8, 4) is 5.75 Å². The number of carbonyl (C=O) groups is 1. The van der Waals surface area contributed by atoms with Gasteiger partial charge >= 0.3 is 0 Å². The van der Waals surface area contributed by atoms with E-state index in [1.165, 1.54) is 11.8 Å². The summed E-state index contributed by atoms with van der Waals surface area (Å²) in [4.78, 5) is 12.3. The second-order valence-electron chi connectivity index (χ2n) is 5.94. The van der Waals surface area contributed by atoms with Crippen LogP contribution in [-0.2, 0) is 17.9 Å². The van der Waals surface area contributed by atoms with Crippen LogP contribution in [0.25, 0.3) is 0 Å². The molecule has 158 valence electrons. The molecule has 0 aliphatic carbocycles. The van der Waals surface area contributed by atoms with Gasteiger partial charge in [0.25, 0.3) is 0 Å². The van der Waals surface area contributed by atoms with Crippen molar-refractivity contribution in [3.05, 3.63) is 62.3 Å². The van der Waals surface area contributed by atoms with Crippen molar-refractivity contribution < 1.29 is 9.53 Å². The summed E-state index contributed by atoms with van der Waals surface area (Å²) in [5, 5.41) is 13.3. The van der Waals surface area contributed by atoms with Crippen molar-refractivity contribution in [1.29, 1.82) is 0 Å². The molecule has 1 aromatic heterocycles. The van der Waals surface area contributed by atoms with E-state index in [1.54, 1.807) is 36.4 Å². The predicted molar refractivity (Wildman–Crippen MR) is 122 cm³/mol. The third-order valence-electron chi connectivity index (χ3n) is 3.92. The maximum absolute atomic E-state index is 12.3. The van der Waals surface area contributed by atoms with E-state index >= 15 is 0 Å². The normalized spacial score (nSPS) is 10.8. The molecule has 1 amide bonds. The van der Waals surface area contributed by atoms with Gasteiger partial charge in [0.15, 0.2) is 11.0 Å². The Morgan fingerprint density at radius 1 is 1.13 bits per heavy atom. The molecule has 0 bridgehead atoms. The zero-order valence-corrected chi connectivity index (χ0v) is 19.5. The molecule has 0 saturated carbocycles. The number of amides is 1. The Kier molecular flexibility index (Phi) is 8.13. The Morgan fingerprint density at radius 3 is 2.67 bits per heavy atom. The zero-order chi connectivity index (χ0) is 21.7. The second-order valence-corrected chi connectivity index (χ2v) is 8.52. The number of aromatic nitrogens is 3. The molecule has 1 N–H and O–H groups in total.